The molecule has 4 aromatic rings. The normalized spacial score (nSPS) is 17.3. The van der Waals surface area contributed by atoms with E-state index in [9.17, 15) is 4.79 Å². The Kier molecular flexibility index (Phi) is 6.42. The minimum Gasteiger partial charge on any atom is -0.377 e. The second-order valence-electron chi connectivity index (χ2n) is 9.59. The zero-order valence-electron chi connectivity index (χ0n) is 21.4. The molecule has 11 heteroatoms. The summed E-state index contributed by atoms with van der Waals surface area (Å²) in [5.41, 5.74) is 4.67. The number of benzene rings is 1. The maximum absolute atomic E-state index is 11.6. The molecule has 11 nitrogen and oxygen atoms in total. The molecular weight excluding hydrogens is 482 g/mol. The number of rotatable bonds is 5. The number of hydrogen-bond acceptors (Lipinski definition) is 10. The van der Waals surface area contributed by atoms with Crippen LogP contribution < -0.4 is 20.7 Å². The van der Waals surface area contributed by atoms with E-state index in [0.717, 1.165) is 59.3 Å². The number of nitrogens with one attached hydrogen (secondary N) is 2. The highest BCUT2D eigenvalue weighted by Crippen LogP contribution is 2.33. The van der Waals surface area contributed by atoms with Crippen molar-refractivity contribution in [2.75, 3.05) is 41.4 Å². The average Bonchev–Trinajstić information content (AvgIpc) is 2.93. The van der Waals surface area contributed by atoms with Gasteiger partial charge in [-0.1, -0.05) is 0 Å². The van der Waals surface area contributed by atoms with Crippen molar-refractivity contribution in [2.45, 2.75) is 32.9 Å². The van der Waals surface area contributed by atoms with Gasteiger partial charge in [0.2, 0.25) is 5.95 Å². The fraction of sp³-hybridized carbons (Fsp3) is 0.333. The molecule has 0 saturated carbocycles. The van der Waals surface area contributed by atoms with Gasteiger partial charge < -0.3 is 19.9 Å². The third-order valence-corrected chi connectivity index (χ3v) is 6.87. The zero-order chi connectivity index (χ0) is 26.1. The molecule has 1 fully saturated rings. The van der Waals surface area contributed by atoms with Crippen molar-refractivity contribution in [3.63, 3.8) is 0 Å². The first-order chi connectivity index (χ1) is 18.5. The second-order valence-corrected chi connectivity index (χ2v) is 9.59. The Labute approximate surface area is 220 Å². The summed E-state index contributed by atoms with van der Waals surface area (Å²) in [7, 11) is 0. The smallest absolute Gasteiger partial charge is 0.252 e. The Balaban J connectivity index is 1.34. The van der Waals surface area contributed by atoms with Gasteiger partial charge in [0.05, 0.1) is 24.9 Å². The van der Waals surface area contributed by atoms with Gasteiger partial charge in [-0.05, 0) is 38.1 Å². The number of nitrogens with zero attached hydrogens (tertiary/aromatic N) is 7. The predicted octanol–water partition coefficient (Wildman–Crippen LogP) is 2.86. The molecule has 1 unspecified atom stereocenters. The maximum atomic E-state index is 11.6. The highest BCUT2D eigenvalue weighted by atomic mass is 16.5. The number of ether oxygens (including phenoxy) is 1. The largest absolute Gasteiger partial charge is 0.377 e. The van der Waals surface area contributed by atoms with E-state index in [0.29, 0.717) is 31.5 Å². The van der Waals surface area contributed by atoms with Gasteiger partial charge in [-0.2, -0.15) is 0 Å². The fourth-order valence-corrected chi connectivity index (χ4v) is 4.89. The lowest BCUT2D eigenvalue weighted by Gasteiger charge is -2.38. The quantitative estimate of drug-likeness (QED) is 0.413. The lowest BCUT2D eigenvalue weighted by Crippen LogP contribution is -2.45. The molecule has 38 heavy (non-hydrogen) atoms. The van der Waals surface area contributed by atoms with Crippen LogP contribution in [0.3, 0.4) is 0 Å². The van der Waals surface area contributed by atoms with E-state index in [4.69, 9.17) is 14.7 Å². The molecule has 0 amide bonds. The molecule has 2 aliphatic heterocycles. The van der Waals surface area contributed by atoms with Gasteiger partial charge in [0.25, 0.3) is 5.56 Å². The van der Waals surface area contributed by atoms with Crippen LogP contribution in [0, 0.1) is 6.92 Å². The van der Waals surface area contributed by atoms with Crippen molar-refractivity contribution in [1.29, 1.82) is 0 Å². The van der Waals surface area contributed by atoms with E-state index in [1.54, 1.807) is 6.33 Å². The van der Waals surface area contributed by atoms with Crippen LogP contribution in [-0.2, 0) is 17.7 Å². The van der Waals surface area contributed by atoms with Crippen molar-refractivity contribution in [3.05, 3.63) is 76.2 Å². The first-order valence-electron chi connectivity index (χ1n) is 12.7. The number of aromatic nitrogens is 6. The lowest BCUT2D eigenvalue weighted by molar-refractivity contribution is 0.0984. The minimum absolute atomic E-state index is 0.208. The minimum atomic E-state index is -0.208. The summed E-state index contributed by atoms with van der Waals surface area (Å²) in [6.07, 6.45) is 3.89. The highest BCUT2D eigenvalue weighted by Gasteiger charge is 2.29. The Bertz CT molecular complexity index is 1510. The van der Waals surface area contributed by atoms with Crippen LogP contribution >= 0.6 is 0 Å². The average molecular weight is 512 g/mol. The number of hydrogen-bond donors (Lipinski definition) is 2. The Morgan fingerprint density at radius 3 is 2.74 bits per heavy atom. The highest BCUT2D eigenvalue weighted by molar-refractivity contribution is 5.66. The van der Waals surface area contributed by atoms with Gasteiger partial charge in [0.1, 0.15) is 18.0 Å². The molecule has 0 bridgehead atoms. The van der Waals surface area contributed by atoms with Crippen molar-refractivity contribution in [2.24, 2.45) is 0 Å². The van der Waals surface area contributed by atoms with Crippen LogP contribution in [-0.4, -0.2) is 62.2 Å². The van der Waals surface area contributed by atoms with Gasteiger partial charge in [-0.15, -0.1) is 0 Å². The molecule has 1 atom stereocenters. The molecule has 0 aliphatic carbocycles. The van der Waals surface area contributed by atoms with E-state index >= 15 is 0 Å². The molecule has 0 spiro atoms. The SMILES string of the molecule is Cc1cc(N2CCc3nc(-c4ccc(Nc5nccc(=O)[nH]5)cc4)nc(N4CCOCC4C)c3C2)ncn1. The molecular formula is C27H29N9O2. The Morgan fingerprint density at radius 2 is 1.95 bits per heavy atom. The van der Waals surface area contributed by atoms with E-state index in [2.05, 4.69) is 42.0 Å². The lowest BCUT2D eigenvalue weighted by atomic mass is 10.0. The van der Waals surface area contributed by atoms with E-state index < -0.39 is 0 Å². The fourth-order valence-electron chi connectivity index (χ4n) is 4.89. The summed E-state index contributed by atoms with van der Waals surface area (Å²) in [6, 6.07) is 11.4. The van der Waals surface area contributed by atoms with E-state index in [1.165, 1.54) is 12.3 Å². The van der Waals surface area contributed by atoms with Gasteiger partial charge in [-0.3, -0.25) is 9.78 Å². The standard InChI is InChI=1S/C27H29N9O2/c1-17-13-23(30-16-29-17)35-10-8-22-21(14-35)26(36-11-12-38-15-18(36)2)34-25(32-22)19-3-5-20(6-4-19)31-27-28-9-7-24(37)33-27/h3-7,9,13,16,18H,8,10-12,14-15H2,1-2H3,(H2,28,31,33,37). The molecule has 2 N–H and O–H groups in total. The molecule has 2 aliphatic rings. The van der Waals surface area contributed by atoms with E-state index in [-0.39, 0.29) is 11.6 Å². The molecule has 5 heterocycles. The molecule has 194 valence electrons. The molecule has 3 aromatic heterocycles. The number of fused-ring (bicyclic) bond motifs is 1. The third kappa shape index (κ3) is 4.92. The summed E-state index contributed by atoms with van der Waals surface area (Å²) in [5.74, 6) is 2.97. The van der Waals surface area contributed by atoms with Crippen LogP contribution in [0.25, 0.3) is 11.4 Å². The van der Waals surface area contributed by atoms with Gasteiger partial charge >= 0.3 is 0 Å². The number of aryl methyl sites for hydroxylation is 1. The van der Waals surface area contributed by atoms with E-state index in [1.807, 2.05) is 37.3 Å². The summed E-state index contributed by atoms with van der Waals surface area (Å²) in [5, 5.41) is 3.12. The van der Waals surface area contributed by atoms with Crippen molar-refractivity contribution in [1.82, 2.24) is 29.9 Å². The summed E-state index contributed by atoms with van der Waals surface area (Å²) in [4.78, 5) is 41.9. The van der Waals surface area contributed by atoms with Crippen LogP contribution in [0.15, 0.2) is 53.7 Å². The van der Waals surface area contributed by atoms with Gasteiger partial charge in [0, 0.05) is 66.9 Å². The van der Waals surface area contributed by atoms with Crippen LogP contribution in [0.4, 0.5) is 23.3 Å². The zero-order valence-corrected chi connectivity index (χ0v) is 21.4. The molecule has 1 aromatic carbocycles. The second kappa shape index (κ2) is 10.2. The number of morpholine rings is 1. The van der Waals surface area contributed by atoms with Crippen molar-refractivity contribution >= 4 is 23.3 Å². The van der Waals surface area contributed by atoms with Crippen molar-refractivity contribution in [3.8, 4) is 11.4 Å². The maximum Gasteiger partial charge on any atom is 0.252 e. The Morgan fingerprint density at radius 1 is 1.08 bits per heavy atom. The molecule has 6 rings (SSSR count). The Hall–Kier alpha value is -4.38. The van der Waals surface area contributed by atoms with Gasteiger partial charge in [-0.25, -0.2) is 24.9 Å². The number of aromatic amines is 1. The van der Waals surface area contributed by atoms with Crippen LogP contribution in [0.5, 0.6) is 0 Å². The number of H-pyrrole nitrogens is 1. The van der Waals surface area contributed by atoms with Gasteiger partial charge in [0.15, 0.2) is 5.82 Å². The first-order valence-corrected chi connectivity index (χ1v) is 12.7. The van der Waals surface area contributed by atoms with Crippen LogP contribution in [0.1, 0.15) is 23.9 Å². The summed E-state index contributed by atoms with van der Waals surface area (Å²) >= 11 is 0. The molecule has 0 radical (unpaired) electrons. The first kappa shape index (κ1) is 24.0. The summed E-state index contributed by atoms with van der Waals surface area (Å²) in [6.45, 7) is 7.78. The predicted molar refractivity (Wildman–Crippen MR) is 145 cm³/mol. The monoisotopic (exact) mass is 511 g/mol. The third-order valence-electron chi connectivity index (χ3n) is 6.87. The number of anilines is 4. The van der Waals surface area contributed by atoms with Crippen LogP contribution in [0.2, 0.25) is 0 Å². The summed E-state index contributed by atoms with van der Waals surface area (Å²) < 4.78 is 5.72. The molecule has 1 saturated heterocycles. The van der Waals surface area contributed by atoms with Crippen molar-refractivity contribution < 1.29 is 4.74 Å². The topological polar surface area (TPSA) is 125 Å².